The summed E-state index contributed by atoms with van der Waals surface area (Å²) < 4.78 is 10.9. The van der Waals surface area contributed by atoms with Crippen LogP contribution >= 0.6 is 0 Å². The van der Waals surface area contributed by atoms with Crippen LogP contribution in [0.25, 0.3) is 0 Å². The fraction of sp³-hybridized carbons (Fsp3) is 0.400. The first kappa shape index (κ1) is 19.6. The molecule has 0 radical (unpaired) electrons. The van der Waals surface area contributed by atoms with Crippen molar-refractivity contribution in [3.05, 3.63) is 52.8 Å². The summed E-state index contributed by atoms with van der Waals surface area (Å²) in [6.45, 7) is 5.28. The molecule has 0 aliphatic rings. The predicted octanol–water partition coefficient (Wildman–Crippen LogP) is 2.92. The van der Waals surface area contributed by atoms with E-state index in [1.807, 2.05) is 45.3 Å². The highest BCUT2D eigenvalue weighted by Crippen LogP contribution is 2.24. The summed E-state index contributed by atoms with van der Waals surface area (Å²) in [6.07, 6.45) is 1.84. The second kappa shape index (κ2) is 9.08. The lowest BCUT2D eigenvalue weighted by atomic mass is 10.1. The topological polar surface area (TPSA) is 59.0 Å². The number of benzene rings is 1. The van der Waals surface area contributed by atoms with Gasteiger partial charge in [-0.2, -0.15) is 0 Å². The average molecular weight is 356 g/mol. The Hall–Kier alpha value is -2.76. The number of guanidine groups is 1. The Bertz CT molecular complexity index is 774. The number of pyridine rings is 1. The van der Waals surface area contributed by atoms with E-state index in [2.05, 4.69) is 26.3 Å². The maximum absolute atomic E-state index is 5.48. The zero-order valence-electron chi connectivity index (χ0n) is 16.5. The van der Waals surface area contributed by atoms with Crippen molar-refractivity contribution in [2.75, 3.05) is 28.3 Å². The van der Waals surface area contributed by atoms with Gasteiger partial charge in [0.1, 0.15) is 11.5 Å². The molecule has 0 saturated carbocycles. The molecule has 1 N–H and O–H groups in total. The summed E-state index contributed by atoms with van der Waals surface area (Å²) >= 11 is 0. The van der Waals surface area contributed by atoms with Gasteiger partial charge >= 0.3 is 0 Å². The van der Waals surface area contributed by atoms with E-state index in [0.29, 0.717) is 13.1 Å². The van der Waals surface area contributed by atoms with Crippen LogP contribution in [0.4, 0.5) is 0 Å². The summed E-state index contributed by atoms with van der Waals surface area (Å²) in [5.74, 6) is 2.54. The summed E-state index contributed by atoms with van der Waals surface area (Å²) in [5, 5.41) is 3.37. The number of para-hydroxylation sites is 1. The first-order valence-corrected chi connectivity index (χ1v) is 8.54. The van der Waals surface area contributed by atoms with Crippen LogP contribution < -0.4 is 14.8 Å². The van der Waals surface area contributed by atoms with Gasteiger partial charge in [-0.25, -0.2) is 0 Å². The lowest BCUT2D eigenvalue weighted by Crippen LogP contribution is -2.38. The molecule has 0 aliphatic heterocycles. The van der Waals surface area contributed by atoms with E-state index in [4.69, 9.17) is 9.47 Å². The van der Waals surface area contributed by atoms with Crippen molar-refractivity contribution >= 4 is 5.96 Å². The summed E-state index contributed by atoms with van der Waals surface area (Å²) in [6, 6.07) is 7.99. The van der Waals surface area contributed by atoms with Crippen molar-refractivity contribution in [3.8, 4) is 11.5 Å². The highest BCUT2D eigenvalue weighted by atomic mass is 16.5. The summed E-state index contributed by atoms with van der Waals surface area (Å²) in [4.78, 5) is 11.0. The highest BCUT2D eigenvalue weighted by molar-refractivity contribution is 5.79. The van der Waals surface area contributed by atoms with Crippen molar-refractivity contribution < 1.29 is 9.47 Å². The van der Waals surface area contributed by atoms with E-state index in [1.165, 1.54) is 0 Å². The number of aromatic nitrogens is 1. The van der Waals surface area contributed by atoms with Gasteiger partial charge in [0.2, 0.25) is 0 Å². The van der Waals surface area contributed by atoms with Crippen LogP contribution in [0.2, 0.25) is 0 Å². The molecule has 0 aliphatic carbocycles. The second-order valence-electron chi connectivity index (χ2n) is 6.11. The van der Waals surface area contributed by atoms with E-state index in [-0.39, 0.29) is 0 Å². The monoisotopic (exact) mass is 356 g/mol. The third-order valence-corrected chi connectivity index (χ3v) is 4.34. The van der Waals surface area contributed by atoms with Crippen LogP contribution in [-0.2, 0) is 13.1 Å². The molecule has 1 aromatic carbocycles. The zero-order chi connectivity index (χ0) is 19.1. The van der Waals surface area contributed by atoms with Gasteiger partial charge in [0.05, 0.1) is 26.5 Å². The van der Waals surface area contributed by atoms with Crippen LogP contribution in [0.15, 0.2) is 35.5 Å². The Morgan fingerprint density at radius 1 is 1.19 bits per heavy atom. The fourth-order valence-electron chi connectivity index (χ4n) is 2.96. The smallest absolute Gasteiger partial charge is 0.194 e. The van der Waals surface area contributed by atoms with Gasteiger partial charge in [-0.1, -0.05) is 18.2 Å². The zero-order valence-corrected chi connectivity index (χ0v) is 16.5. The van der Waals surface area contributed by atoms with Gasteiger partial charge in [0.15, 0.2) is 5.96 Å². The molecule has 1 aromatic heterocycles. The summed E-state index contributed by atoms with van der Waals surface area (Å²) in [5.41, 5.74) is 4.13. The lowest BCUT2D eigenvalue weighted by Gasteiger charge is -2.23. The average Bonchev–Trinajstić information content (AvgIpc) is 2.64. The number of hydrogen-bond donors (Lipinski definition) is 1. The van der Waals surface area contributed by atoms with Crippen molar-refractivity contribution in [1.82, 2.24) is 15.2 Å². The molecule has 0 fully saturated rings. The van der Waals surface area contributed by atoms with Gasteiger partial charge in [0.25, 0.3) is 0 Å². The minimum absolute atomic E-state index is 0.575. The van der Waals surface area contributed by atoms with Crippen molar-refractivity contribution in [2.45, 2.75) is 26.9 Å². The van der Waals surface area contributed by atoms with E-state index >= 15 is 0 Å². The predicted molar refractivity (Wildman–Crippen MR) is 105 cm³/mol. The van der Waals surface area contributed by atoms with Crippen LogP contribution in [0.1, 0.15) is 22.4 Å². The molecule has 0 bridgehead atoms. The number of nitrogens with zero attached hydrogens (tertiary/aromatic N) is 3. The molecular formula is C20H28N4O2. The number of hydrogen-bond acceptors (Lipinski definition) is 4. The molecule has 0 atom stereocenters. The number of ether oxygens (including phenoxy) is 2. The number of aryl methyl sites for hydroxylation is 1. The molecule has 0 spiro atoms. The maximum atomic E-state index is 5.48. The third-order valence-electron chi connectivity index (χ3n) is 4.34. The van der Waals surface area contributed by atoms with Crippen LogP contribution in [0.5, 0.6) is 11.5 Å². The molecule has 6 heteroatoms. The Morgan fingerprint density at radius 2 is 1.92 bits per heavy atom. The van der Waals surface area contributed by atoms with Gasteiger partial charge in [-0.15, -0.1) is 0 Å². The molecule has 1 heterocycles. The van der Waals surface area contributed by atoms with Gasteiger partial charge in [-0.05, 0) is 19.9 Å². The number of rotatable bonds is 6. The Labute approximate surface area is 155 Å². The van der Waals surface area contributed by atoms with Crippen LogP contribution in [0, 0.1) is 13.8 Å². The van der Waals surface area contributed by atoms with E-state index in [0.717, 1.165) is 39.8 Å². The van der Waals surface area contributed by atoms with E-state index < -0.39 is 0 Å². The first-order valence-electron chi connectivity index (χ1n) is 8.54. The van der Waals surface area contributed by atoms with Crippen molar-refractivity contribution in [3.63, 3.8) is 0 Å². The van der Waals surface area contributed by atoms with E-state index in [9.17, 15) is 0 Å². The third kappa shape index (κ3) is 4.45. The fourth-order valence-corrected chi connectivity index (χ4v) is 2.96. The van der Waals surface area contributed by atoms with Gasteiger partial charge in [0, 0.05) is 43.5 Å². The van der Waals surface area contributed by atoms with Gasteiger partial charge in [-0.3, -0.25) is 9.98 Å². The first-order chi connectivity index (χ1) is 12.5. The second-order valence-corrected chi connectivity index (χ2v) is 6.11. The molecule has 6 nitrogen and oxygen atoms in total. The number of methoxy groups -OCH3 is 2. The minimum atomic E-state index is 0.575. The molecular weight excluding hydrogens is 328 g/mol. The molecule has 2 rings (SSSR count). The van der Waals surface area contributed by atoms with Crippen LogP contribution in [-0.4, -0.2) is 44.2 Å². The van der Waals surface area contributed by atoms with Crippen molar-refractivity contribution in [2.24, 2.45) is 4.99 Å². The van der Waals surface area contributed by atoms with Crippen LogP contribution in [0.3, 0.4) is 0 Å². The quantitative estimate of drug-likeness (QED) is 0.637. The molecule has 0 saturated heterocycles. The SMILES string of the molecule is CN=C(NCc1ncc(C)c(OC)c1C)N(C)Cc1ccccc1OC. The van der Waals surface area contributed by atoms with Gasteiger partial charge < -0.3 is 19.7 Å². The highest BCUT2D eigenvalue weighted by Gasteiger charge is 2.13. The lowest BCUT2D eigenvalue weighted by molar-refractivity contribution is 0.395. The molecule has 26 heavy (non-hydrogen) atoms. The Kier molecular flexibility index (Phi) is 6.83. The molecule has 2 aromatic rings. The molecule has 0 amide bonds. The summed E-state index contributed by atoms with van der Waals surface area (Å²) in [7, 11) is 7.15. The number of aliphatic imine (C=N–C) groups is 1. The van der Waals surface area contributed by atoms with Crippen molar-refractivity contribution in [1.29, 1.82) is 0 Å². The maximum Gasteiger partial charge on any atom is 0.194 e. The number of nitrogens with one attached hydrogen (secondary N) is 1. The molecule has 0 unspecified atom stereocenters. The normalized spacial score (nSPS) is 11.2. The minimum Gasteiger partial charge on any atom is -0.496 e. The largest absolute Gasteiger partial charge is 0.496 e. The Morgan fingerprint density at radius 3 is 2.58 bits per heavy atom. The molecule has 140 valence electrons. The Balaban J connectivity index is 2.08. The van der Waals surface area contributed by atoms with E-state index in [1.54, 1.807) is 21.3 Å². The standard InChI is InChI=1S/C20H28N4O2/c1-14-11-22-17(15(2)19(14)26-6)12-23-20(21-3)24(4)13-16-9-7-8-10-18(16)25-5/h7-11H,12-13H2,1-6H3,(H,21,23).